The lowest BCUT2D eigenvalue weighted by molar-refractivity contribution is -0.137. The van der Waals surface area contributed by atoms with Gasteiger partial charge in [0.15, 0.2) is 0 Å². The lowest BCUT2D eigenvalue weighted by Crippen LogP contribution is -2.39. The molecule has 0 fully saturated rings. The predicted octanol–water partition coefficient (Wildman–Crippen LogP) is 2.97. The normalized spacial score (nSPS) is 14.0. The second-order valence-corrected chi connectivity index (χ2v) is 6.23. The zero-order valence-corrected chi connectivity index (χ0v) is 13.7. The maximum absolute atomic E-state index is 12.6. The molecule has 0 saturated heterocycles. The zero-order valence-electron chi connectivity index (χ0n) is 13.7. The number of pyridine rings is 1. The number of carbonyl (C=O) groups is 1. The Morgan fingerprint density at radius 2 is 2.00 bits per heavy atom. The van der Waals surface area contributed by atoms with Crippen LogP contribution in [0.1, 0.15) is 52.5 Å². The van der Waals surface area contributed by atoms with E-state index in [1.54, 1.807) is 6.20 Å². The molecule has 0 spiro atoms. The second kappa shape index (κ2) is 8.78. The van der Waals surface area contributed by atoms with E-state index in [2.05, 4.69) is 18.8 Å². The van der Waals surface area contributed by atoms with Crippen molar-refractivity contribution >= 4 is 5.91 Å². The van der Waals surface area contributed by atoms with Crippen molar-refractivity contribution in [3.8, 4) is 0 Å². The summed E-state index contributed by atoms with van der Waals surface area (Å²) in [4.78, 5) is 18.7. The van der Waals surface area contributed by atoms with Crippen LogP contribution in [0.15, 0.2) is 24.5 Å². The van der Waals surface area contributed by atoms with Crippen LogP contribution in [0.2, 0.25) is 0 Å². The van der Waals surface area contributed by atoms with Gasteiger partial charge in [0.2, 0.25) is 5.91 Å². The van der Waals surface area contributed by atoms with Gasteiger partial charge >= 0.3 is 0 Å². The maximum Gasteiger partial charge on any atom is 0.225 e. The summed E-state index contributed by atoms with van der Waals surface area (Å²) >= 11 is 0. The Morgan fingerprint density at radius 3 is 2.52 bits per heavy atom. The van der Waals surface area contributed by atoms with Crippen molar-refractivity contribution in [1.82, 2.24) is 9.88 Å². The van der Waals surface area contributed by atoms with E-state index >= 15 is 0 Å². The van der Waals surface area contributed by atoms with Gasteiger partial charge in [-0.2, -0.15) is 0 Å². The van der Waals surface area contributed by atoms with Crippen LogP contribution in [0.5, 0.6) is 0 Å². The predicted molar refractivity (Wildman–Crippen MR) is 86.6 cm³/mol. The highest BCUT2D eigenvalue weighted by Crippen LogP contribution is 2.16. The number of carbonyl (C=O) groups excluding carboxylic acids is 1. The first kappa shape index (κ1) is 17.6. The number of hydrogen-bond acceptors (Lipinski definition) is 3. The minimum Gasteiger partial charge on any atom is -0.336 e. The summed E-state index contributed by atoms with van der Waals surface area (Å²) in [5.74, 6) is 0.265. The van der Waals surface area contributed by atoms with Crippen LogP contribution in [-0.2, 0) is 11.3 Å². The summed E-state index contributed by atoms with van der Waals surface area (Å²) in [7, 11) is 0. The zero-order chi connectivity index (χ0) is 15.8. The highest BCUT2D eigenvalue weighted by molar-refractivity contribution is 5.78. The number of amides is 1. The van der Waals surface area contributed by atoms with Crippen LogP contribution < -0.4 is 5.73 Å². The molecule has 21 heavy (non-hydrogen) atoms. The number of nitrogens with zero attached hydrogens (tertiary/aromatic N) is 2. The Kier molecular flexibility index (Phi) is 7.37. The second-order valence-electron chi connectivity index (χ2n) is 6.23. The molecule has 0 radical (unpaired) electrons. The summed E-state index contributed by atoms with van der Waals surface area (Å²) in [5, 5.41) is 0. The first-order valence-electron chi connectivity index (χ1n) is 7.86. The third-order valence-electron chi connectivity index (χ3n) is 3.70. The van der Waals surface area contributed by atoms with Gasteiger partial charge in [0.05, 0.1) is 0 Å². The van der Waals surface area contributed by atoms with Crippen LogP contribution in [0.3, 0.4) is 0 Å². The SMILES string of the molecule is CC(N)CCCC(C)C(=O)N(Cc1cccnc1)C(C)C. The molecule has 1 aromatic rings. The number of hydrogen-bond donors (Lipinski definition) is 1. The topological polar surface area (TPSA) is 59.2 Å². The Bertz CT molecular complexity index is 417. The Morgan fingerprint density at radius 1 is 1.29 bits per heavy atom. The summed E-state index contributed by atoms with van der Waals surface area (Å²) < 4.78 is 0. The highest BCUT2D eigenvalue weighted by atomic mass is 16.2. The third kappa shape index (κ3) is 6.25. The van der Waals surface area contributed by atoms with Gasteiger partial charge < -0.3 is 10.6 Å². The molecule has 2 unspecified atom stereocenters. The molecule has 1 heterocycles. The molecule has 1 amide bonds. The van der Waals surface area contributed by atoms with E-state index in [0.29, 0.717) is 6.54 Å². The van der Waals surface area contributed by atoms with Gasteiger partial charge in [0, 0.05) is 36.9 Å². The average Bonchev–Trinajstić information content (AvgIpc) is 2.44. The molecule has 0 bridgehead atoms. The molecule has 0 aliphatic carbocycles. The van der Waals surface area contributed by atoms with Gasteiger partial charge in [-0.3, -0.25) is 9.78 Å². The van der Waals surface area contributed by atoms with E-state index in [4.69, 9.17) is 5.73 Å². The van der Waals surface area contributed by atoms with Crippen molar-refractivity contribution in [3.63, 3.8) is 0 Å². The fraction of sp³-hybridized carbons (Fsp3) is 0.647. The third-order valence-corrected chi connectivity index (χ3v) is 3.70. The highest BCUT2D eigenvalue weighted by Gasteiger charge is 2.22. The fourth-order valence-electron chi connectivity index (χ4n) is 2.36. The molecular weight excluding hydrogens is 262 g/mol. The number of rotatable bonds is 8. The lowest BCUT2D eigenvalue weighted by Gasteiger charge is -2.29. The van der Waals surface area contributed by atoms with Crippen molar-refractivity contribution in [2.75, 3.05) is 0 Å². The van der Waals surface area contributed by atoms with Gasteiger partial charge in [0.25, 0.3) is 0 Å². The summed E-state index contributed by atoms with van der Waals surface area (Å²) in [6, 6.07) is 4.32. The molecule has 4 nitrogen and oxygen atoms in total. The smallest absolute Gasteiger partial charge is 0.225 e. The van der Waals surface area contributed by atoms with E-state index in [1.807, 2.05) is 37.1 Å². The van der Waals surface area contributed by atoms with Gasteiger partial charge in [-0.25, -0.2) is 0 Å². The molecule has 0 aliphatic heterocycles. The largest absolute Gasteiger partial charge is 0.336 e. The van der Waals surface area contributed by atoms with Crippen LogP contribution in [-0.4, -0.2) is 27.9 Å². The van der Waals surface area contributed by atoms with E-state index in [-0.39, 0.29) is 23.9 Å². The van der Waals surface area contributed by atoms with Crippen LogP contribution >= 0.6 is 0 Å². The van der Waals surface area contributed by atoms with Crippen LogP contribution in [0, 0.1) is 5.92 Å². The molecular formula is C17H29N3O. The Labute approximate surface area is 128 Å². The minimum absolute atomic E-state index is 0.0443. The molecule has 1 rings (SSSR count). The fourth-order valence-corrected chi connectivity index (χ4v) is 2.36. The summed E-state index contributed by atoms with van der Waals surface area (Å²) in [6.07, 6.45) is 6.45. The van der Waals surface area contributed by atoms with Crippen LogP contribution in [0.4, 0.5) is 0 Å². The molecule has 1 aromatic heterocycles. The lowest BCUT2D eigenvalue weighted by atomic mass is 10.00. The molecule has 0 aromatic carbocycles. The van der Waals surface area contributed by atoms with E-state index < -0.39 is 0 Å². The van der Waals surface area contributed by atoms with Crippen LogP contribution in [0.25, 0.3) is 0 Å². The van der Waals surface area contributed by atoms with Gasteiger partial charge in [0.1, 0.15) is 0 Å². The minimum atomic E-state index is 0.0443. The number of nitrogens with two attached hydrogens (primary N) is 1. The first-order chi connectivity index (χ1) is 9.91. The summed E-state index contributed by atoms with van der Waals surface area (Å²) in [6.45, 7) is 8.77. The molecule has 4 heteroatoms. The quantitative estimate of drug-likeness (QED) is 0.801. The van der Waals surface area contributed by atoms with Gasteiger partial charge in [-0.15, -0.1) is 0 Å². The van der Waals surface area contributed by atoms with Crippen molar-refractivity contribution < 1.29 is 4.79 Å². The molecule has 2 atom stereocenters. The average molecular weight is 291 g/mol. The first-order valence-corrected chi connectivity index (χ1v) is 7.86. The van der Waals surface area contributed by atoms with Crippen molar-refractivity contribution in [2.45, 2.75) is 65.6 Å². The van der Waals surface area contributed by atoms with Gasteiger partial charge in [-0.05, 0) is 45.2 Å². The Hall–Kier alpha value is -1.42. The number of aromatic nitrogens is 1. The standard InChI is InChI=1S/C17H29N3O/c1-13(2)20(12-16-9-6-10-19-11-16)17(21)14(3)7-5-8-15(4)18/h6,9-11,13-15H,5,7-8,12,18H2,1-4H3. The summed E-state index contributed by atoms with van der Waals surface area (Å²) in [5.41, 5.74) is 6.83. The molecule has 118 valence electrons. The van der Waals surface area contributed by atoms with Gasteiger partial charge in [-0.1, -0.05) is 19.4 Å². The van der Waals surface area contributed by atoms with Crippen molar-refractivity contribution in [3.05, 3.63) is 30.1 Å². The Balaban J connectivity index is 2.60. The van der Waals surface area contributed by atoms with Crippen molar-refractivity contribution in [1.29, 1.82) is 0 Å². The molecule has 0 saturated carbocycles. The molecule has 0 aliphatic rings. The van der Waals surface area contributed by atoms with E-state index in [0.717, 1.165) is 24.8 Å². The maximum atomic E-state index is 12.6. The van der Waals surface area contributed by atoms with Crippen molar-refractivity contribution in [2.24, 2.45) is 11.7 Å². The van der Waals surface area contributed by atoms with E-state index in [9.17, 15) is 4.79 Å². The van der Waals surface area contributed by atoms with E-state index in [1.165, 1.54) is 0 Å². The monoisotopic (exact) mass is 291 g/mol. The molecule has 2 N–H and O–H groups in total.